The molecule has 0 fully saturated rings. The lowest BCUT2D eigenvalue weighted by Crippen LogP contribution is -2.31. The van der Waals surface area contributed by atoms with Gasteiger partial charge in [0.2, 0.25) is 0 Å². The molecule has 122 valence electrons. The van der Waals surface area contributed by atoms with E-state index in [1.165, 1.54) is 11.1 Å². The minimum absolute atomic E-state index is 0.332. The number of hydrogen-bond acceptors (Lipinski definition) is 4. The van der Waals surface area contributed by atoms with Gasteiger partial charge in [0.25, 0.3) is 0 Å². The second-order valence-electron chi connectivity index (χ2n) is 6.13. The summed E-state index contributed by atoms with van der Waals surface area (Å²) in [6.07, 6.45) is 8.34. The van der Waals surface area contributed by atoms with Crippen LogP contribution in [0.4, 0.5) is 0 Å². The van der Waals surface area contributed by atoms with Crippen LogP contribution in [-0.2, 0) is 10.1 Å². The molecule has 2 rings (SSSR count). The first-order valence-corrected chi connectivity index (χ1v) is 7.54. The van der Waals surface area contributed by atoms with Crippen molar-refractivity contribution in [3.8, 4) is 0 Å². The third kappa shape index (κ3) is 4.52. The van der Waals surface area contributed by atoms with E-state index in [4.69, 9.17) is 10.5 Å². The fraction of sp³-hybridized carbons (Fsp3) is 0.444. The van der Waals surface area contributed by atoms with Gasteiger partial charge in [0.15, 0.2) is 0 Å². The SMILES string of the molecule is CC(C)C1(C(C)C)C=CC(c2ccccc2)=CC1.OOOO. The van der Waals surface area contributed by atoms with Crippen LogP contribution in [0.15, 0.2) is 48.6 Å². The molecule has 0 aromatic heterocycles. The molecule has 0 unspecified atom stereocenters. The molecule has 4 heteroatoms. The van der Waals surface area contributed by atoms with Crippen molar-refractivity contribution >= 4 is 5.57 Å². The van der Waals surface area contributed by atoms with Gasteiger partial charge in [-0.05, 0) is 44.9 Å². The Balaban J connectivity index is 0.000000541. The lowest BCUT2D eigenvalue weighted by molar-refractivity contribution is -0.611. The Morgan fingerprint density at radius 2 is 1.50 bits per heavy atom. The van der Waals surface area contributed by atoms with Crippen molar-refractivity contribution in [3.63, 3.8) is 0 Å². The first-order valence-electron chi connectivity index (χ1n) is 7.54. The average Bonchev–Trinajstić information content (AvgIpc) is 2.55. The minimum atomic E-state index is 0.332. The Morgan fingerprint density at radius 1 is 0.955 bits per heavy atom. The van der Waals surface area contributed by atoms with Crippen molar-refractivity contribution in [2.75, 3.05) is 0 Å². The smallest absolute Gasteiger partial charge is 0.00342 e. The minimum Gasteiger partial charge on any atom is -0.219 e. The Kier molecular flexibility index (Phi) is 7.48. The Labute approximate surface area is 132 Å². The standard InChI is InChI=1S/C18H24.H2O4/c1-14(2)18(15(3)4)12-10-17(11-13-18)16-8-6-5-7-9-16;1-3-4-2/h5-12,14-15H,13H2,1-4H3;1-2H. The number of allylic oxidation sites excluding steroid dienone is 4. The van der Waals surface area contributed by atoms with Gasteiger partial charge >= 0.3 is 0 Å². The topological polar surface area (TPSA) is 58.9 Å². The van der Waals surface area contributed by atoms with Gasteiger partial charge in [0, 0.05) is 0 Å². The highest BCUT2D eigenvalue weighted by atomic mass is 17.6. The summed E-state index contributed by atoms with van der Waals surface area (Å²) < 4.78 is 0. The monoisotopic (exact) mass is 306 g/mol. The highest BCUT2D eigenvalue weighted by molar-refractivity contribution is 5.75. The van der Waals surface area contributed by atoms with E-state index in [1.54, 1.807) is 0 Å². The van der Waals surface area contributed by atoms with Gasteiger partial charge in [0.05, 0.1) is 0 Å². The molecule has 1 aliphatic carbocycles. The maximum Gasteiger partial charge on any atom is -0.00342 e. The summed E-state index contributed by atoms with van der Waals surface area (Å²) in [6, 6.07) is 10.7. The van der Waals surface area contributed by atoms with E-state index in [0.717, 1.165) is 6.42 Å². The zero-order chi connectivity index (χ0) is 16.6. The van der Waals surface area contributed by atoms with Crippen LogP contribution in [0.5, 0.6) is 0 Å². The van der Waals surface area contributed by atoms with Gasteiger partial charge in [-0.15, -0.1) is 0 Å². The molecule has 1 aliphatic rings. The van der Waals surface area contributed by atoms with Crippen LogP contribution in [0.1, 0.15) is 39.7 Å². The quantitative estimate of drug-likeness (QED) is 0.592. The van der Waals surface area contributed by atoms with Crippen LogP contribution in [-0.4, -0.2) is 10.5 Å². The molecule has 4 nitrogen and oxygen atoms in total. The third-order valence-corrected chi connectivity index (χ3v) is 4.54. The van der Waals surface area contributed by atoms with Crippen molar-refractivity contribution in [2.45, 2.75) is 34.1 Å². The van der Waals surface area contributed by atoms with Crippen LogP contribution in [0, 0.1) is 17.3 Å². The van der Waals surface area contributed by atoms with Gasteiger partial charge in [0.1, 0.15) is 0 Å². The summed E-state index contributed by atoms with van der Waals surface area (Å²) in [5, 5.41) is 19.0. The highest BCUT2D eigenvalue weighted by Gasteiger charge is 2.34. The van der Waals surface area contributed by atoms with Crippen LogP contribution < -0.4 is 0 Å². The molecule has 0 atom stereocenters. The van der Waals surface area contributed by atoms with E-state index in [2.05, 4.69) is 86.3 Å². The highest BCUT2D eigenvalue weighted by Crippen LogP contribution is 2.44. The normalized spacial score (nSPS) is 16.3. The summed E-state index contributed by atoms with van der Waals surface area (Å²) in [6.45, 7) is 9.36. The van der Waals surface area contributed by atoms with Crippen LogP contribution in [0.2, 0.25) is 0 Å². The molecule has 0 bridgehead atoms. The average molecular weight is 306 g/mol. The molecular formula is C18H26O4. The van der Waals surface area contributed by atoms with Gasteiger partial charge < -0.3 is 0 Å². The molecule has 1 aromatic rings. The first kappa shape index (κ1) is 18.6. The number of benzene rings is 1. The number of hydrogen-bond donors (Lipinski definition) is 2. The Hall–Kier alpha value is -1.46. The van der Waals surface area contributed by atoms with E-state index in [0.29, 0.717) is 17.3 Å². The molecule has 2 N–H and O–H groups in total. The molecule has 0 radical (unpaired) electrons. The van der Waals surface area contributed by atoms with Gasteiger partial charge in [-0.1, -0.05) is 76.3 Å². The molecular weight excluding hydrogens is 280 g/mol. The van der Waals surface area contributed by atoms with Crippen LogP contribution >= 0.6 is 0 Å². The molecule has 0 spiro atoms. The van der Waals surface area contributed by atoms with E-state index in [1.807, 2.05) is 0 Å². The molecule has 0 heterocycles. The van der Waals surface area contributed by atoms with Crippen molar-refractivity contribution < 1.29 is 20.6 Å². The fourth-order valence-corrected chi connectivity index (χ4v) is 3.04. The van der Waals surface area contributed by atoms with E-state index < -0.39 is 0 Å². The second kappa shape index (κ2) is 8.86. The van der Waals surface area contributed by atoms with Crippen LogP contribution in [0.25, 0.3) is 5.57 Å². The second-order valence-corrected chi connectivity index (χ2v) is 6.13. The summed E-state index contributed by atoms with van der Waals surface area (Å²) in [4.78, 5) is 0. The Morgan fingerprint density at radius 3 is 1.86 bits per heavy atom. The van der Waals surface area contributed by atoms with E-state index >= 15 is 0 Å². The first-order chi connectivity index (χ1) is 10.5. The lowest BCUT2D eigenvalue weighted by Gasteiger charge is -2.40. The zero-order valence-electron chi connectivity index (χ0n) is 13.7. The molecule has 0 saturated carbocycles. The molecule has 22 heavy (non-hydrogen) atoms. The molecule has 0 aliphatic heterocycles. The van der Waals surface area contributed by atoms with E-state index in [-0.39, 0.29) is 0 Å². The third-order valence-electron chi connectivity index (χ3n) is 4.54. The maximum atomic E-state index is 6.90. The summed E-state index contributed by atoms with van der Waals surface area (Å²) in [5.74, 6) is 1.37. The molecule has 0 amide bonds. The van der Waals surface area contributed by atoms with E-state index in [9.17, 15) is 0 Å². The molecule has 0 saturated heterocycles. The van der Waals surface area contributed by atoms with Gasteiger partial charge in [-0.3, -0.25) is 0 Å². The Bertz CT molecular complexity index is 479. The summed E-state index contributed by atoms with van der Waals surface area (Å²) >= 11 is 0. The van der Waals surface area contributed by atoms with Gasteiger partial charge in [-0.25, -0.2) is 10.5 Å². The van der Waals surface area contributed by atoms with Crippen molar-refractivity contribution in [1.29, 1.82) is 0 Å². The van der Waals surface area contributed by atoms with Gasteiger partial charge in [-0.2, -0.15) is 0 Å². The van der Waals surface area contributed by atoms with Crippen LogP contribution in [0.3, 0.4) is 0 Å². The van der Waals surface area contributed by atoms with Crippen molar-refractivity contribution in [2.24, 2.45) is 17.3 Å². The fourth-order valence-electron chi connectivity index (χ4n) is 3.04. The van der Waals surface area contributed by atoms with Crippen molar-refractivity contribution in [1.82, 2.24) is 0 Å². The predicted molar refractivity (Wildman–Crippen MR) is 87.7 cm³/mol. The zero-order valence-corrected chi connectivity index (χ0v) is 13.7. The lowest BCUT2D eigenvalue weighted by atomic mass is 9.64. The maximum absolute atomic E-state index is 6.90. The summed E-state index contributed by atoms with van der Waals surface area (Å²) in [5.41, 5.74) is 3.03. The predicted octanol–water partition coefficient (Wildman–Crippen LogP) is 5.21. The summed E-state index contributed by atoms with van der Waals surface area (Å²) in [7, 11) is 0. The van der Waals surface area contributed by atoms with Crippen molar-refractivity contribution in [3.05, 3.63) is 54.1 Å². The number of rotatable bonds is 4. The molecule has 1 aromatic carbocycles. The largest absolute Gasteiger partial charge is 0.219 e.